The fourth-order valence-electron chi connectivity index (χ4n) is 2.91. The van der Waals surface area contributed by atoms with Crippen LogP contribution in [0.15, 0.2) is 60.8 Å². The molecule has 0 aliphatic heterocycles. The Morgan fingerprint density at radius 1 is 1.10 bits per heavy atom. The monoisotopic (exact) mass is 393 g/mol. The summed E-state index contributed by atoms with van der Waals surface area (Å²) in [7, 11) is 0. The minimum absolute atomic E-state index is 0.117. The maximum atomic E-state index is 12.3. The number of aliphatic hydroxyl groups is 1. The van der Waals surface area contributed by atoms with E-state index in [0.717, 1.165) is 16.9 Å². The lowest BCUT2D eigenvalue weighted by atomic mass is 10.00. The van der Waals surface area contributed by atoms with Crippen LogP contribution in [0.5, 0.6) is 5.75 Å². The first kappa shape index (κ1) is 20.6. The van der Waals surface area contributed by atoms with Crippen molar-refractivity contribution in [2.45, 2.75) is 39.5 Å². The molecule has 6 heteroatoms. The molecule has 0 spiro atoms. The second kappa shape index (κ2) is 9.39. The maximum absolute atomic E-state index is 12.3. The number of nitrogens with zero attached hydrogens (tertiary/aromatic N) is 2. The lowest BCUT2D eigenvalue weighted by molar-refractivity contribution is 0.0909. The molecular weight excluding hydrogens is 366 g/mol. The van der Waals surface area contributed by atoms with Gasteiger partial charge in [-0.3, -0.25) is 4.79 Å². The Balaban J connectivity index is 1.51. The molecule has 0 saturated carbocycles. The topological polar surface area (TPSA) is 76.4 Å². The highest BCUT2D eigenvalue weighted by molar-refractivity contribution is 5.92. The van der Waals surface area contributed by atoms with Crippen LogP contribution in [0.4, 0.5) is 0 Å². The van der Waals surface area contributed by atoms with Crippen molar-refractivity contribution >= 4 is 5.91 Å². The Kier molecular flexibility index (Phi) is 6.67. The first-order valence-electron chi connectivity index (χ1n) is 9.72. The number of hydrogen-bond acceptors (Lipinski definition) is 4. The number of amides is 1. The van der Waals surface area contributed by atoms with Crippen molar-refractivity contribution in [1.29, 1.82) is 0 Å². The Labute approximate surface area is 171 Å². The van der Waals surface area contributed by atoms with Crippen molar-refractivity contribution in [2.75, 3.05) is 6.54 Å². The summed E-state index contributed by atoms with van der Waals surface area (Å²) in [5, 5.41) is 17.3. The molecule has 29 heavy (non-hydrogen) atoms. The molecule has 6 nitrogen and oxygen atoms in total. The van der Waals surface area contributed by atoms with E-state index in [2.05, 4.69) is 24.3 Å². The van der Waals surface area contributed by atoms with Crippen molar-refractivity contribution < 1.29 is 14.6 Å². The van der Waals surface area contributed by atoms with Crippen LogP contribution in [0.25, 0.3) is 0 Å². The summed E-state index contributed by atoms with van der Waals surface area (Å²) < 4.78 is 7.29. The summed E-state index contributed by atoms with van der Waals surface area (Å²) in [6, 6.07) is 17.1. The van der Waals surface area contributed by atoms with Gasteiger partial charge in [0.25, 0.3) is 5.91 Å². The van der Waals surface area contributed by atoms with Gasteiger partial charge in [0.2, 0.25) is 0 Å². The molecule has 0 aliphatic rings. The largest absolute Gasteiger partial charge is 0.471 e. The molecule has 1 amide bonds. The lowest BCUT2D eigenvalue weighted by Gasteiger charge is -2.13. The van der Waals surface area contributed by atoms with E-state index in [1.54, 1.807) is 16.9 Å². The number of nitrogens with one attached hydrogen (secondary N) is 1. The molecular formula is C23H27N3O3. The van der Waals surface area contributed by atoms with Crippen molar-refractivity contribution in [1.82, 2.24) is 15.1 Å². The predicted molar refractivity (Wildman–Crippen MR) is 112 cm³/mol. The quantitative estimate of drug-likeness (QED) is 0.610. The van der Waals surface area contributed by atoms with E-state index in [4.69, 9.17) is 4.74 Å². The lowest BCUT2D eigenvalue weighted by Crippen LogP contribution is -2.28. The zero-order valence-corrected chi connectivity index (χ0v) is 17.0. The predicted octanol–water partition coefficient (Wildman–Crippen LogP) is 3.81. The number of carbonyl (C=O) groups is 1. The zero-order chi connectivity index (χ0) is 20.8. The number of aryl methyl sites for hydroxylation is 1. The summed E-state index contributed by atoms with van der Waals surface area (Å²) in [5.74, 6) is 0.879. The van der Waals surface area contributed by atoms with E-state index in [-0.39, 0.29) is 24.9 Å². The Bertz CT molecular complexity index is 948. The van der Waals surface area contributed by atoms with Gasteiger partial charge < -0.3 is 15.2 Å². The minimum Gasteiger partial charge on any atom is -0.471 e. The molecule has 0 radical (unpaired) electrons. The van der Waals surface area contributed by atoms with Crippen LogP contribution in [-0.4, -0.2) is 27.3 Å². The Hall–Kier alpha value is -3.12. The van der Waals surface area contributed by atoms with Crippen molar-refractivity contribution in [3.63, 3.8) is 0 Å². The Morgan fingerprint density at radius 3 is 2.48 bits per heavy atom. The van der Waals surface area contributed by atoms with Gasteiger partial charge in [-0.1, -0.05) is 56.3 Å². The van der Waals surface area contributed by atoms with Crippen LogP contribution < -0.4 is 10.1 Å². The van der Waals surface area contributed by atoms with Gasteiger partial charge in [-0.15, -0.1) is 0 Å². The molecule has 3 rings (SSSR count). The summed E-state index contributed by atoms with van der Waals surface area (Å²) >= 11 is 0. The molecule has 1 unspecified atom stereocenters. The van der Waals surface area contributed by atoms with Crippen LogP contribution in [0.2, 0.25) is 0 Å². The van der Waals surface area contributed by atoms with E-state index in [9.17, 15) is 9.90 Å². The fourth-order valence-corrected chi connectivity index (χ4v) is 2.91. The van der Waals surface area contributed by atoms with Crippen molar-refractivity contribution in [3.05, 3.63) is 83.2 Å². The minimum atomic E-state index is -0.772. The molecule has 3 aromatic rings. The molecule has 0 saturated heterocycles. The van der Waals surface area contributed by atoms with Crippen molar-refractivity contribution in [3.8, 4) is 5.75 Å². The van der Waals surface area contributed by atoms with Crippen LogP contribution in [0, 0.1) is 6.92 Å². The first-order chi connectivity index (χ1) is 13.9. The van der Waals surface area contributed by atoms with Gasteiger partial charge in [0.05, 0.1) is 6.10 Å². The third-order valence-electron chi connectivity index (χ3n) is 4.76. The number of hydrogen-bond donors (Lipinski definition) is 2. The number of rotatable bonds is 8. The van der Waals surface area contributed by atoms with E-state index < -0.39 is 6.10 Å². The summed E-state index contributed by atoms with van der Waals surface area (Å²) in [6.07, 6.45) is 0.917. The van der Waals surface area contributed by atoms with Gasteiger partial charge in [-0.25, -0.2) is 4.68 Å². The summed E-state index contributed by atoms with van der Waals surface area (Å²) in [5.41, 5.74) is 3.30. The third kappa shape index (κ3) is 5.45. The van der Waals surface area contributed by atoms with E-state index in [1.165, 1.54) is 5.56 Å². The number of benzene rings is 2. The molecule has 1 heterocycles. The maximum Gasteiger partial charge on any atom is 0.271 e. The van der Waals surface area contributed by atoms with Gasteiger partial charge in [0, 0.05) is 12.7 Å². The van der Waals surface area contributed by atoms with Crippen LogP contribution >= 0.6 is 0 Å². The van der Waals surface area contributed by atoms with E-state index in [1.807, 2.05) is 55.5 Å². The standard InChI is InChI=1S/C23H27N3O3/c1-16(2)18-8-10-19(11-9-18)21(27)14-24-23(28)20-12-13-26(25-20)15-29-22-7-5-4-6-17(22)3/h4-13,16,21,27H,14-15H2,1-3H3,(H,24,28). The average molecular weight is 393 g/mol. The average Bonchev–Trinajstić information content (AvgIpc) is 3.20. The highest BCUT2D eigenvalue weighted by Crippen LogP contribution is 2.19. The van der Waals surface area contributed by atoms with Crippen LogP contribution in [0.1, 0.15) is 53.0 Å². The number of ether oxygens (including phenoxy) is 1. The molecule has 2 N–H and O–H groups in total. The second-order valence-corrected chi connectivity index (χ2v) is 7.33. The number of aromatic nitrogens is 2. The molecule has 0 fully saturated rings. The fraction of sp³-hybridized carbons (Fsp3) is 0.304. The molecule has 152 valence electrons. The SMILES string of the molecule is Cc1ccccc1OCn1ccc(C(=O)NCC(O)c2ccc(C(C)C)cc2)n1. The van der Waals surface area contributed by atoms with Gasteiger partial charge in [-0.2, -0.15) is 5.10 Å². The van der Waals surface area contributed by atoms with Gasteiger partial charge in [0.15, 0.2) is 6.73 Å². The molecule has 2 aromatic carbocycles. The summed E-state index contributed by atoms with van der Waals surface area (Å²) in [6.45, 7) is 6.54. The van der Waals surface area contributed by atoms with Crippen LogP contribution in [0.3, 0.4) is 0 Å². The molecule has 1 aromatic heterocycles. The second-order valence-electron chi connectivity index (χ2n) is 7.33. The number of para-hydroxylation sites is 1. The molecule has 1 atom stereocenters. The third-order valence-corrected chi connectivity index (χ3v) is 4.76. The molecule has 0 bridgehead atoms. The van der Waals surface area contributed by atoms with Gasteiger partial charge >= 0.3 is 0 Å². The van der Waals surface area contributed by atoms with Crippen LogP contribution in [-0.2, 0) is 6.73 Å². The van der Waals surface area contributed by atoms with Gasteiger partial charge in [0.1, 0.15) is 11.4 Å². The normalized spacial score (nSPS) is 12.0. The van der Waals surface area contributed by atoms with Crippen molar-refractivity contribution in [2.24, 2.45) is 0 Å². The summed E-state index contributed by atoms with van der Waals surface area (Å²) in [4.78, 5) is 12.3. The Morgan fingerprint density at radius 2 is 1.79 bits per heavy atom. The first-order valence-corrected chi connectivity index (χ1v) is 9.72. The highest BCUT2D eigenvalue weighted by atomic mass is 16.5. The zero-order valence-electron chi connectivity index (χ0n) is 17.0. The highest BCUT2D eigenvalue weighted by Gasteiger charge is 2.13. The van der Waals surface area contributed by atoms with E-state index >= 15 is 0 Å². The number of aliphatic hydroxyl groups excluding tert-OH is 1. The number of carbonyl (C=O) groups excluding carboxylic acids is 1. The van der Waals surface area contributed by atoms with Gasteiger partial charge in [-0.05, 0) is 41.7 Å². The molecule has 0 aliphatic carbocycles. The van der Waals surface area contributed by atoms with E-state index in [0.29, 0.717) is 5.92 Å². The smallest absolute Gasteiger partial charge is 0.271 e.